The zero-order chi connectivity index (χ0) is 17.4. The summed E-state index contributed by atoms with van der Waals surface area (Å²) in [6.07, 6.45) is 2.03. The predicted molar refractivity (Wildman–Crippen MR) is 92.9 cm³/mol. The number of nitrogens with zero attached hydrogens (tertiary/aromatic N) is 1. The predicted octanol–water partition coefficient (Wildman–Crippen LogP) is 3.09. The van der Waals surface area contributed by atoms with Crippen LogP contribution in [0.4, 0.5) is 0 Å². The first-order valence-electron chi connectivity index (χ1n) is 8.45. The lowest BCUT2D eigenvalue weighted by molar-refractivity contribution is -0.119. The van der Waals surface area contributed by atoms with Crippen LogP contribution >= 0.6 is 0 Å². The summed E-state index contributed by atoms with van der Waals surface area (Å²) in [6.45, 7) is 7.27. The van der Waals surface area contributed by atoms with Crippen LogP contribution < -0.4 is 5.73 Å². The molecule has 0 unspecified atom stereocenters. The molecule has 1 aromatic heterocycles. The third-order valence-electron chi connectivity index (χ3n) is 5.07. The second-order valence-electron chi connectivity index (χ2n) is 6.87. The van der Waals surface area contributed by atoms with Crippen molar-refractivity contribution in [2.45, 2.75) is 40.0 Å². The van der Waals surface area contributed by atoms with Crippen LogP contribution in [0.3, 0.4) is 0 Å². The van der Waals surface area contributed by atoms with E-state index in [1.165, 1.54) is 0 Å². The van der Waals surface area contributed by atoms with Crippen LogP contribution in [-0.2, 0) is 4.79 Å². The first kappa shape index (κ1) is 16.6. The minimum Gasteiger partial charge on any atom is -0.450 e. The Hall–Kier alpha value is -2.30. The normalized spacial score (nSPS) is 15.9. The maximum absolute atomic E-state index is 12.9. The van der Waals surface area contributed by atoms with Gasteiger partial charge in [-0.1, -0.05) is 12.1 Å². The van der Waals surface area contributed by atoms with Gasteiger partial charge in [0.05, 0.1) is 0 Å². The number of hydrogen-bond acceptors (Lipinski definition) is 3. The number of piperidine rings is 1. The van der Waals surface area contributed by atoms with Gasteiger partial charge in [0.2, 0.25) is 5.91 Å². The first-order valence-corrected chi connectivity index (χ1v) is 8.45. The molecule has 2 amide bonds. The number of furan rings is 1. The van der Waals surface area contributed by atoms with Gasteiger partial charge in [-0.2, -0.15) is 0 Å². The van der Waals surface area contributed by atoms with E-state index in [1.54, 1.807) is 0 Å². The second kappa shape index (κ2) is 6.30. The largest absolute Gasteiger partial charge is 0.450 e. The molecule has 1 saturated heterocycles. The maximum atomic E-state index is 12.9. The molecule has 1 aromatic carbocycles. The molecule has 3 rings (SSSR count). The van der Waals surface area contributed by atoms with Crippen molar-refractivity contribution in [2.24, 2.45) is 11.7 Å². The quantitative estimate of drug-likeness (QED) is 0.940. The highest BCUT2D eigenvalue weighted by Crippen LogP contribution is 2.32. The molecular formula is C19H24N2O3. The van der Waals surface area contributed by atoms with Crippen LogP contribution in [0.2, 0.25) is 0 Å². The highest BCUT2D eigenvalue weighted by atomic mass is 16.3. The van der Waals surface area contributed by atoms with Crippen molar-refractivity contribution in [1.82, 2.24) is 4.90 Å². The minimum absolute atomic E-state index is 0.0555. The monoisotopic (exact) mass is 328 g/mol. The van der Waals surface area contributed by atoms with Gasteiger partial charge in [-0.3, -0.25) is 9.59 Å². The molecule has 2 aromatic rings. The van der Waals surface area contributed by atoms with Gasteiger partial charge in [-0.15, -0.1) is 0 Å². The van der Waals surface area contributed by atoms with E-state index in [9.17, 15) is 9.59 Å². The number of nitrogens with two attached hydrogens (primary N) is 1. The Bertz CT molecular complexity index is 799. The molecule has 0 saturated carbocycles. The van der Waals surface area contributed by atoms with Gasteiger partial charge in [0.25, 0.3) is 5.91 Å². The van der Waals surface area contributed by atoms with Crippen molar-refractivity contribution in [3.8, 4) is 0 Å². The number of carbonyl (C=O) groups is 2. The molecular weight excluding hydrogens is 304 g/mol. The topological polar surface area (TPSA) is 76.5 Å². The number of aryl methyl sites for hydroxylation is 3. The molecule has 0 spiro atoms. The molecule has 24 heavy (non-hydrogen) atoms. The fourth-order valence-electron chi connectivity index (χ4n) is 3.65. The number of benzene rings is 1. The van der Waals surface area contributed by atoms with Crippen LogP contribution in [0.15, 0.2) is 16.5 Å². The highest BCUT2D eigenvalue weighted by molar-refractivity contribution is 6.00. The summed E-state index contributed by atoms with van der Waals surface area (Å²) in [5.41, 5.74) is 9.14. The molecule has 1 aliphatic rings. The van der Waals surface area contributed by atoms with E-state index in [-0.39, 0.29) is 17.7 Å². The van der Waals surface area contributed by atoms with Gasteiger partial charge < -0.3 is 15.1 Å². The number of primary amides is 1. The van der Waals surface area contributed by atoms with E-state index in [0.29, 0.717) is 25.3 Å². The van der Waals surface area contributed by atoms with Crippen molar-refractivity contribution >= 4 is 22.8 Å². The third kappa shape index (κ3) is 2.90. The van der Waals surface area contributed by atoms with Crippen LogP contribution in [0.5, 0.6) is 0 Å². The standard InChI is InChI=1S/C19H24N2O3/c1-11-4-5-12(2)17-16(11)13(3)18(24-17)19(23)21-8-6-14(7-9-21)10-15(20)22/h4-5,14H,6-10H2,1-3H3,(H2,20,22). The smallest absolute Gasteiger partial charge is 0.289 e. The Morgan fingerprint density at radius 2 is 1.79 bits per heavy atom. The molecule has 2 N–H and O–H groups in total. The molecule has 0 radical (unpaired) electrons. The molecule has 1 aliphatic heterocycles. The van der Waals surface area contributed by atoms with Crippen molar-refractivity contribution < 1.29 is 14.0 Å². The van der Waals surface area contributed by atoms with Crippen molar-refractivity contribution in [2.75, 3.05) is 13.1 Å². The Morgan fingerprint density at radius 3 is 2.38 bits per heavy atom. The lowest BCUT2D eigenvalue weighted by Crippen LogP contribution is -2.39. The molecule has 1 fully saturated rings. The summed E-state index contributed by atoms with van der Waals surface area (Å²) in [4.78, 5) is 25.7. The van der Waals surface area contributed by atoms with Crippen molar-refractivity contribution in [3.63, 3.8) is 0 Å². The van der Waals surface area contributed by atoms with E-state index in [2.05, 4.69) is 6.07 Å². The van der Waals surface area contributed by atoms with Gasteiger partial charge >= 0.3 is 0 Å². The first-order chi connectivity index (χ1) is 11.4. The van der Waals surface area contributed by atoms with Crippen LogP contribution in [0.25, 0.3) is 11.0 Å². The number of likely N-dealkylation sites (tertiary alicyclic amines) is 1. The average Bonchev–Trinajstić information content (AvgIpc) is 2.89. The van der Waals surface area contributed by atoms with E-state index < -0.39 is 0 Å². The average molecular weight is 328 g/mol. The number of amides is 2. The summed E-state index contributed by atoms with van der Waals surface area (Å²) < 4.78 is 5.95. The molecule has 128 valence electrons. The van der Waals surface area contributed by atoms with Gasteiger partial charge in [0.15, 0.2) is 5.76 Å². The van der Waals surface area contributed by atoms with Gasteiger partial charge in [-0.25, -0.2) is 0 Å². The number of carbonyl (C=O) groups excluding carboxylic acids is 2. The molecule has 0 aliphatic carbocycles. The zero-order valence-electron chi connectivity index (χ0n) is 14.5. The van der Waals surface area contributed by atoms with E-state index >= 15 is 0 Å². The minimum atomic E-state index is -0.265. The van der Waals surface area contributed by atoms with Crippen LogP contribution in [0, 0.1) is 26.7 Å². The fourth-order valence-corrected chi connectivity index (χ4v) is 3.65. The summed E-state index contributed by atoms with van der Waals surface area (Å²) in [7, 11) is 0. The lowest BCUT2D eigenvalue weighted by atomic mass is 9.93. The molecule has 0 bridgehead atoms. The maximum Gasteiger partial charge on any atom is 0.289 e. The Morgan fingerprint density at radius 1 is 1.17 bits per heavy atom. The van der Waals surface area contributed by atoms with E-state index in [4.69, 9.17) is 10.2 Å². The van der Waals surface area contributed by atoms with E-state index in [0.717, 1.165) is 40.5 Å². The highest BCUT2D eigenvalue weighted by Gasteiger charge is 2.28. The van der Waals surface area contributed by atoms with Crippen molar-refractivity contribution in [3.05, 3.63) is 34.6 Å². The number of fused-ring (bicyclic) bond motifs is 1. The fraction of sp³-hybridized carbons (Fsp3) is 0.474. The zero-order valence-corrected chi connectivity index (χ0v) is 14.5. The summed E-state index contributed by atoms with van der Waals surface area (Å²) in [6, 6.07) is 4.08. The molecule has 2 heterocycles. The summed E-state index contributed by atoms with van der Waals surface area (Å²) in [5.74, 6) is 0.405. The van der Waals surface area contributed by atoms with Gasteiger partial charge in [0, 0.05) is 30.5 Å². The van der Waals surface area contributed by atoms with Gasteiger partial charge in [-0.05, 0) is 50.7 Å². The Labute approximate surface area is 141 Å². The SMILES string of the molecule is Cc1ccc(C)c2c(C)c(C(=O)N3CCC(CC(N)=O)CC3)oc12. The molecule has 0 atom stereocenters. The van der Waals surface area contributed by atoms with Crippen molar-refractivity contribution in [1.29, 1.82) is 0 Å². The van der Waals surface area contributed by atoms with E-state index in [1.807, 2.05) is 31.7 Å². The third-order valence-corrected chi connectivity index (χ3v) is 5.07. The molecule has 5 heteroatoms. The summed E-state index contributed by atoms with van der Waals surface area (Å²) >= 11 is 0. The molecule has 5 nitrogen and oxygen atoms in total. The summed E-state index contributed by atoms with van der Waals surface area (Å²) in [5, 5.41) is 1.04. The Balaban J connectivity index is 1.83. The number of hydrogen-bond donors (Lipinski definition) is 1. The Kier molecular flexibility index (Phi) is 4.35. The lowest BCUT2D eigenvalue weighted by Gasteiger charge is -2.31. The second-order valence-corrected chi connectivity index (χ2v) is 6.87. The van der Waals surface area contributed by atoms with Crippen LogP contribution in [0.1, 0.15) is 46.5 Å². The van der Waals surface area contributed by atoms with Crippen LogP contribution in [-0.4, -0.2) is 29.8 Å². The number of rotatable bonds is 3. The van der Waals surface area contributed by atoms with Gasteiger partial charge in [0.1, 0.15) is 5.58 Å².